The topological polar surface area (TPSA) is 20.2 Å². The fourth-order valence-corrected chi connectivity index (χ4v) is 2.87. The highest BCUT2D eigenvalue weighted by molar-refractivity contribution is 9.10. The first-order valence-electron chi connectivity index (χ1n) is 6.68. The molecule has 1 N–H and O–H groups in total. The van der Waals surface area contributed by atoms with Crippen molar-refractivity contribution in [1.29, 1.82) is 0 Å². The van der Waals surface area contributed by atoms with Crippen molar-refractivity contribution in [1.82, 2.24) is 0 Å². The van der Waals surface area contributed by atoms with Crippen LogP contribution in [0.25, 0.3) is 10.8 Å². The van der Waals surface area contributed by atoms with Gasteiger partial charge in [0.05, 0.1) is 0 Å². The molecule has 0 heterocycles. The number of halogens is 2. The monoisotopic (exact) mass is 344 g/mol. The first-order valence-corrected chi connectivity index (χ1v) is 7.47. The molecule has 0 spiro atoms. The highest BCUT2D eigenvalue weighted by atomic mass is 79.9. The third kappa shape index (κ3) is 2.85. The van der Waals surface area contributed by atoms with Crippen molar-refractivity contribution in [2.75, 3.05) is 0 Å². The Balaban J connectivity index is 2.07. The number of benzene rings is 3. The molecule has 3 rings (SSSR count). The van der Waals surface area contributed by atoms with Gasteiger partial charge in [0.2, 0.25) is 0 Å². The van der Waals surface area contributed by atoms with Crippen molar-refractivity contribution in [2.24, 2.45) is 0 Å². The van der Waals surface area contributed by atoms with Crippen LogP contribution in [0.4, 0.5) is 4.39 Å². The maximum atomic E-state index is 13.4. The van der Waals surface area contributed by atoms with E-state index in [4.69, 9.17) is 0 Å². The third-order valence-corrected chi connectivity index (χ3v) is 4.17. The number of aliphatic hydroxyl groups excluding tert-OH is 1. The number of hydrogen-bond donors (Lipinski definition) is 1. The minimum absolute atomic E-state index is 0.334. The maximum absolute atomic E-state index is 13.4. The van der Waals surface area contributed by atoms with Crippen LogP contribution >= 0.6 is 15.9 Å². The predicted octanol–water partition coefficient (Wildman–Crippen LogP) is 5.13. The number of hydrogen-bond acceptors (Lipinski definition) is 1. The minimum Gasteiger partial charge on any atom is -0.384 e. The molecule has 106 valence electrons. The van der Waals surface area contributed by atoms with E-state index >= 15 is 0 Å². The zero-order chi connectivity index (χ0) is 15.0. The van der Waals surface area contributed by atoms with E-state index in [9.17, 15) is 9.50 Å². The lowest BCUT2D eigenvalue weighted by atomic mass is 9.95. The van der Waals surface area contributed by atoms with Crippen molar-refractivity contribution in [3.05, 3.63) is 81.6 Å². The minimum atomic E-state index is -0.825. The van der Waals surface area contributed by atoms with Gasteiger partial charge >= 0.3 is 0 Å². The molecular weight excluding hydrogens is 331 g/mol. The second kappa shape index (κ2) is 5.58. The Morgan fingerprint density at radius 1 is 0.952 bits per heavy atom. The fourth-order valence-electron chi connectivity index (χ4n) is 2.49. The highest BCUT2D eigenvalue weighted by Gasteiger charge is 2.14. The van der Waals surface area contributed by atoms with E-state index in [2.05, 4.69) is 15.9 Å². The van der Waals surface area contributed by atoms with Crippen LogP contribution < -0.4 is 0 Å². The summed E-state index contributed by atoms with van der Waals surface area (Å²) >= 11 is 3.44. The summed E-state index contributed by atoms with van der Waals surface area (Å²) in [5.41, 5.74) is 2.24. The van der Waals surface area contributed by atoms with E-state index in [1.807, 2.05) is 43.3 Å². The summed E-state index contributed by atoms with van der Waals surface area (Å²) in [5.74, 6) is -0.334. The van der Waals surface area contributed by atoms with Gasteiger partial charge in [-0.25, -0.2) is 4.39 Å². The van der Waals surface area contributed by atoms with Crippen LogP contribution in [-0.2, 0) is 0 Å². The van der Waals surface area contributed by atoms with Crippen LogP contribution in [0.1, 0.15) is 22.8 Å². The summed E-state index contributed by atoms with van der Waals surface area (Å²) in [4.78, 5) is 0. The van der Waals surface area contributed by atoms with E-state index in [0.29, 0.717) is 5.56 Å². The molecule has 1 atom stereocenters. The van der Waals surface area contributed by atoms with Crippen molar-refractivity contribution >= 4 is 26.7 Å². The Morgan fingerprint density at radius 2 is 1.67 bits per heavy atom. The van der Waals surface area contributed by atoms with Crippen LogP contribution in [-0.4, -0.2) is 5.11 Å². The van der Waals surface area contributed by atoms with Crippen molar-refractivity contribution < 1.29 is 9.50 Å². The van der Waals surface area contributed by atoms with Crippen LogP contribution in [0.15, 0.2) is 59.1 Å². The van der Waals surface area contributed by atoms with Gasteiger partial charge in [-0.05, 0) is 64.7 Å². The van der Waals surface area contributed by atoms with E-state index in [0.717, 1.165) is 26.4 Å². The zero-order valence-corrected chi connectivity index (χ0v) is 13.1. The summed E-state index contributed by atoms with van der Waals surface area (Å²) < 4.78 is 14.4. The predicted molar refractivity (Wildman–Crippen MR) is 86.8 cm³/mol. The van der Waals surface area contributed by atoms with Crippen LogP contribution in [0.5, 0.6) is 0 Å². The lowest BCUT2D eigenvalue weighted by Crippen LogP contribution is -2.02. The van der Waals surface area contributed by atoms with E-state index in [-0.39, 0.29) is 5.82 Å². The molecule has 21 heavy (non-hydrogen) atoms. The van der Waals surface area contributed by atoms with Gasteiger partial charge in [-0.15, -0.1) is 0 Å². The molecule has 0 aliphatic carbocycles. The largest absolute Gasteiger partial charge is 0.384 e. The smallest absolute Gasteiger partial charge is 0.123 e. The number of rotatable bonds is 2. The molecule has 1 unspecified atom stereocenters. The molecule has 1 nitrogen and oxygen atoms in total. The van der Waals surface area contributed by atoms with Gasteiger partial charge in [-0.2, -0.15) is 0 Å². The SMILES string of the molecule is Cc1ccc(F)cc1C(O)c1ccc2cc(Br)ccc2c1. The summed E-state index contributed by atoms with van der Waals surface area (Å²) in [5, 5.41) is 12.7. The Kier molecular flexibility index (Phi) is 3.79. The zero-order valence-electron chi connectivity index (χ0n) is 11.5. The maximum Gasteiger partial charge on any atom is 0.123 e. The van der Waals surface area contributed by atoms with Gasteiger partial charge in [0.15, 0.2) is 0 Å². The Hall–Kier alpha value is -1.71. The first-order chi connectivity index (χ1) is 10.0. The van der Waals surface area contributed by atoms with Crippen molar-refractivity contribution in [3.63, 3.8) is 0 Å². The lowest BCUT2D eigenvalue weighted by molar-refractivity contribution is 0.219. The van der Waals surface area contributed by atoms with Crippen LogP contribution in [0, 0.1) is 12.7 Å². The van der Waals surface area contributed by atoms with Gasteiger partial charge in [-0.3, -0.25) is 0 Å². The molecule has 0 radical (unpaired) electrons. The quantitative estimate of drug-likeness (QED) is 0.683. The van der Waals surface area contributed by atoms with Gasteiger partial charge in [-0.1, -0.05) is 40.2 Å². The molecule has 3 aromatic rings. The molecule has 0 fully saturated rings. The van der Waals surface area contributed by atoms with Crippen LogP contribution in [0.2, 0.25) is 0 Å². The van der Waals surface area contributed by atoms with Gasteiger partial charge in [0, 0.05) is 4.47 Å². The fraction of sp³-hybridized carbons (Fsp3) is 0.111. The second-order valence-corrected chi connectivity index (χ2v) is 6.07. The van der Waals surface area contributed by atoms with Crippen molar-refractivity contribution in [3.8, 4) is 0 Å². The van der Waals surface area contributed by atoms with Gasteiger partial charge in [0.1, 0.15) is 11.9 Å². The normalized spacial score (nSPS) is 12.6. The second-order valence-electron chi connectivity index (χ2n) is 5.15. The molecule has 3 heteroatoms. The average molecular weight is 345 g/mol. The molecule has 0 aliphatic rings. The highest BCUT2D eigenvalue weighted by Crippen LogP contribution is 2.29. The van der Waals surface area contributed by atoms with Crippen molar-refractivity contribution in [2.45, 2.75) is 13.0 Å². The third-order valence-electron chi connectivity index (χ3n) is 3.68. The van der Waals surface area contributed by atoms with Crippen LogP contribution in [0.3, 0.4) is 0 Å². The first kappa shape index (κ1) is 14.2. The summed E-state index contributed by atoms with van der Waals surface area (Å²) in [6.45, 7) is 1.87. The molecule has 0 aliphatic heterocycles. The van der Waals surface area contributed by atoms with Gasteiger partial charge < -0.3 is 5.11 Å². The Bertz CT molecular complexity index is 813. The number of aliphatic hydroxyl groups is 1. The van der Waals surface area contributed by atoms with E-state index < -0.39 is 6.10 Å². The molecule has 0 aromatic heterocycles. The summed E-state index contributed by atoms with van der Waals surface area (Å²) in [6.07, 6.45) is -0.825. The molecule has 0 saturated carbocycles. The molecular formula is C18H14BrFO. The lowest BCUT2D eigenvalue weighted by Gasteiger charge is -2.15. The molecule has 0 saturated heterocycles. The van der Waals surface area contributed by atoms with E-state index in [1.54, 1.807) is 6.07 Å². The standard InChI is InChI=1S/C18H14BrFO/c1-11-2-7-16(20)10-17(11)18(21)14-4-3-13-9-15(19)6-5-12(13)8-14/h2-10,18,21H,1H3. The molecule has 3 aromatic carbocycles. The summed E-state index contributed by atoms with van der Waals surface area (Å²) in [6, 6.07) is 16.3. The Morgan fingerprint density at radius 3 is 2.48 bits per heavy atom. The number of aryl methyl sites for hydroxylation is 1. The van der Waals surface area contributed by atoms with E-state index in [1.165, 1.54) is 12.1 Å². The molecule has 0 amide bonds. The summed E-state index contributed by atoms with van der Waals surface area (Å²) in [7, 11) is 0. The Labute approximate surface area is 131 Å². The van der Waals surface area contributed by atoms with Gasteiger partial charge in [0.25, 0.3) is 0 Å². The number of fused-ring (bicyclic) bond motifs is 1. The molecule has 0 bridgehead atoms. The average Bonchev–Trinajstić information content (AvgIpc) is 2.48.